The van der Waals surface area contributed by atoms with Gasteiger partial charge in [-0.1, -0.05) is 23.7 Å². The van der Waals surface area contributed by atoms with Gasteiger partial charge in [-0.25, -0.2) is 0 Å². The number of hydrogen-bond donors (Lipinski definition) is 0. The second-order valence-corrected chi connectivity index (χ2v) is 4.53. The maximum Gasteiger partial charge on any atom is 0.128 e. The maximum atomic E-state index is 11.1. The van der Waals surface area contributed by atoms with Crippen molar-refractivity contribution >= 4 is 17.9 Å². The number of benzene rings is 1. The summed E-state index contributed by atoms with van der Waals surface area (Å²) in [6.07, 6.45) is 2.56. The van der Waals surface area contributed by atoms with Crippen LogP contribution in [0.1, 0.15) is 12.0 Å². The van der Waals surface area contributed by atoms with Crippen molar-refractivity contribution in [2.24, 2.45) is 5.41 Å². The first-order chi connectivity index (χ1) is 7.24. The predicted molar refractivity (Wildman–Crippen MR) is 59.1 cm³/mol. The Hall–Kier alpha value is -0.860. The Balaban J connectivity index is 2.16. The van der Waals surface area contributed by atoms with E-state index in [0.717, 1.165) is 24.7 Å². The highest BCUT2D eigenvalue weighted by Gasteiger charge is 2.34. The molecule has 2 rings (SSSR count). The summed E-state index contributed by atoms with van der Waals surface area (Å²) in [6.45, 7) is 1.21. The van der Waals surface area contributed by atoms with Crippen molar-refractivity contribution in [2.45, 2.75) is 12.8 Å². The van der Waals surface area contributed by atoms with E-state index < -0.39 is 0 Å². The third-order valence-corrected chi connectivity index (χ3v) is 3.06. The fourth-order valence-corrected chi connectivity index (χ4v) is 2.16. The van der Waals surface area contributed by atoms with Gasteiger partial charge in [-0.15, -0.1) is 0 Å². The second kappa shape index (κ2) is 4.33. The van der Waals surface area contributed by atoms with Crippen LogP contribution in [0.3, 0.4) is 0 Å². The van der Waals surface area contributed by atoms with Gasteiger partial charge in [0.05, 0.1) is 12.0 Å². The van der Waals surface area contributed by atoms with E-state index in [-0.39, 0.29) is 5.41 Å². The molecule has 2 nitrogen and oxygen atoms in total. The second-order valence-electron chi connectivity index (χ2n) is 4.09. The number of rotatable bonds is 3. The van der Waals surface area contributed by atoms with Crippen LogP contribution in [0.15, 0.2) is 24.3 Å². The number of halogens is 1. The van der Waals surface area contributed by atoms with Gasteiger partial charge < -0.3 is 9.53 Å². The van der Waals surface area contributed by atoms with Crippen LogP contribution in [-0.2, 0) is 16.0 Å². The van der Waals surface area contributed by atoms with Gasteiger partial charge in [-0.05, 0) is 30.5 Å². The number of aldehydes is 1. The van der Waals surface area contributed by atoms with E-state index in [9.17, 15) is 4.79 Å². The molecule has 1 aliphatic heterocycles. The monoisotopic (exact) mass is 224 g/mol. The molecule has 0 bridgehead atoms. The maximum absolute atomic E-state index is 11.1. The highest BCUT2D eigenvalue weighted by molar-refractivity contribution is 6.30. The van der Waals surface area contributed by atoms with Crippen molar-refractivity contribution in [3.05, 3.63) is 34.9 Å². The van der Waals surface area contributed by atoms with Gasteiger partial charge in [-0.3, -0.25) is 0 Å². The molecule has 0 aromatic heterocycles. The van der Waals surface area contributed by atoms with Crippen LogP contribution in [0.4, 0.5) is 0 Å². The minimum absolute atomic E-state index is 0.329. The van der Waals surface area contributed by atoms with Gasteiger partial charge in [0.2, 0.25) is 0 Å². The van der Waals surface area contributed by atoms with E-state index in [1.165, 1.54) is 0 Å². The summed E-state index contributed by atoms with van der Waals surface area (Å²) in [5, 5.41) is 0.715. The molecule has 0 spiro atoms. The first-order valence-corrected chi connectivity index (χ1v) is 5.40. The van der Waals surface area contributed by atoms with Crippen LogP contribution in [0.5, 0.6) is 0 Å². The molecule has 1 atom stereocenters. The smallest absolute Gasteiger partial charge is 0.128 e. The van der Waals surface area contributed by atoms with Crippen molar-refractivity contribution < 1.29 is 9.53 Å². The van der Waals surface area contributed by atoms with Crippen molar-refractivity contribution in [2.75, 3.05) is 13.2 Å². The molecule has 1 fully saturated rings. The van der Waals surface area contributed by atoms with E-state index in [1.54, 1.807) is 0 Å². The molecular formula is C12H13ClO2. The van der Waals surface area contributed by atoms with Gasteiger partial charge in [0, 0.05) is 11.6 Å². The number of carbonyl (C=O) groups is 1. The van der Waals surface area contributed by atoms with Crippen molar-refractivity contribution in [1.82, 2.24) is 0 Å². The van der Waals surface area contributed by atoms with Crippen LogP contribution in [0.25, 0.3) is 0 Å². The fraction of sp³-hybridized carbons (Fsp3) is 0.417. The molecule has 1 aromatic rings. The van der Waals surface area contributed by atoms with E-state index in [2.05, 4.69) is 0 Å². The molecule has 0 radical (unpaired) electrons. The van der Waals surface area contributed by atoms with E-state index in [4.69, 9.17) is 16.3 Å². The van der Waals surface area contributed by atoms with Crippen LogP contribution in [0.2, 0.25) is 5.02 Å². The van der Waals surface area contributed by atoms with Crippen LogP contribution in [-0.4, -0.2) is 19.5 Å². The summed E-state index contributed by atoms with van der Waals surface area (Å²) in [4.78, 5) is 11.1. The Morgan fingerprint density at radius 3 is 3.00 bits per heavy atom. The average Bonchev–Trinajstić information content (AvgIpc) is 2.67. The zero-order chi connectivity index (χ0) is 10.7. The Morgan fingerprint density at radius 2 is 2.40 bits per heavy atom. The summed E-state index contributed by atoms with van der Waals surface area (Å²) >= 11 is 5.90. The molecule has 80 valence electrons. The van der Waals surface area contributed by atoms with Gasteiger partial charge in [-0.2, -0.15) is 0 Å². The Labute approximate surface area is 94.2 Å². The zero-order valence-corrected chi connectivity index (χ0v) is 9.17. The lowest BCUT2D eigenvalue weighted by molar-refractivity contribution is -0.116. The molecule has 0 saturated carbocycles. The third-order valence-electron chi connectivity index (χ3n) is 2.83. The highest BCUT2D eigenvalue weighted by Crippen LogP contribution is 2.30. The topological polar surface area (TPSA) is 26.3 Å². The molecule has 0 amide bonds. The molecule has 1 aromatic carbocycles. The first-order valence-electron chi connectivity index (χ1n) is 5.03. The van der Waals surface area contributed by atoms with Crippen molar-refractivity contribution in [1.29, 1.82) is 0 Å². The van der Waals surface area contributed by atoms with Gasteiger partial charge in [0.15, 0.2) is 0 Å². The highest BCUT2D eigenvalue weighted by atomic mass is 35.5. The van der Waals surface area contributed by atoms with Gasteiger partial charge >= 0.3 is 0 Å². The normalized spacial score (nSPS) is 25.4. The fourth-order valence-electron chi connectivity index (χ4n) is 1.95. The Bertz CT molecular complexity index is 356. The quantitative estimate of drug-likeness (QED) is 0.738. The summed E-state index contributed by atoms with van der Waals surface area (Å²) in [6, 6.07) is 7.65. The lowest BCUT2D eigenvalue weighted by Crippen LogP contribution is -2.25. The Morgan fingerprint density at radius 1 is 1.53 bits per heavy atom. The molecule has 0 aliphatic carbocycles. The molecule has 1 aliphatic rings. The minimum Gasteiger partial charge on any atom is -0.380 e. The van der Waals surface area contributed by atoms with Gasteiger partial charge in [0.1, 0.15) is 6.29 Å². The van der Waals surface area contributed by atoms with Crippen molar-refractivity contribution in [3.63, 3.8) is 0 Å². The Kier molecular flexibility index (Phi) is 3.08. The summed E-state index contributed by atoms with van der Waals surface area (Å²) in [7, 11) is 0. The third kappa shape index (κ3) is 2.39. The van der Waals surface area contributed by atoms with Crippen LogP contribution >= 0.6 is 11.6 Å². The molecular weight excluding hydrogens is 212 g/mol. The molecule has 3 heteroatoms. The summed E-state index contributed by atoms with van der Waals surface area (Å²) < 4.78 is 5.29. The average molecular weight is 225 g/mol. The minimum atomic E-state index is -0.329. The molecule has 0 N–H and O–H groups in total. The van der Waals surface area contributed by atoms with E-state index >= 15 is 0 Å². The van der Waals surface area contributed by atoms with Crippen molar-refractivity contribution in [3.8, 4) is 0 Å². The summed E-state index contributed by atoms with van der Waals surface area (Å²) in [5.74, 6) is 0. The van der Waals surface area contributed by atoms with E-state index in [1.807, 2.05) is 24.3 Å². The number of hydrogen-bond acceptors (Lipinski definition) is 2. The standard InChI is InChI=1S/C12H13ClO2/c13-11-3-1-2-10(6-11)7-12(8-14)4-5-15-9-12/h1-3,6,8H,4-5,7,9H2. The number of carbonyl (C=O) groups excluding carboxylic acids is 1. The zero-order valence-electron chi connectivity index (χ0n) is 8.41. The molecule has 1 saturated heterocycles. The molecule has 1 heterocycles. The first kappa shape index (κ1) is 10.7. The number of ether oxygens (including phenoxy) is 1. The lowest BCUT2D eigenvalue weighted by Gasteiger charge is -2.19. The summed E-state index contributed by atoms with van der Waals surface area (Å²) in [5.41, 5.74) is 0.769. The largest absolute Gasteiger partial charge is 0.380 e. The van der Waals surface area contributed by atoms with E-state index in [0.29, 0.717) is 18.2 Å². The van der Waals surface area contributed by atoms with Gasteiger partial charge in [0.25, 0.3) is 0 Å². The molecule has 15 heavy (non-hydrogen) atoms. The van der Waals surface area contributed by atoms with Crippen LogP contribution in [0, 0.1) is 5.41 Å². The SMILES string of the molecule is O=CC1(Cc2cccc(Cl)c2)CCOC1. The molecule has 1 unspecified atom stereocenters. The van der Waals surface area contributed by atoms with Crippen LogP contribution < -0.4 is 0 Å². The lowest BCUT2D eigenvalue weighted by atomic mass is 9.82. The predicted octanol–water partition coefficient (Wildman–Crippen LogP) is 2.49.